The van der Waals surface area contributed by atoms with Crippen LogP contribution in [0.15, 0.2) is 64.0 Å². The highest BCUT2D eigenvalue weighted by Gasteiger charge is 2.54. The molecular weight excluding hydrogens is 668 g/mol. The van der Waals surface area contributed by atoms with E-state index in [9.17, 15) is 34.2 Å². The number of esters is 1. The van der Waals surface area contributed by atoms with Crippen molar-refractivity contribution in [2.24, 2.45) is 5.73 Å². The van der Waals surface area contributed by atoms with Gasteiger partial charge in [0.05, 0.1) is 0 Å². The molecule has 0 spiro atoms. The number of carbonyl (C=O) groups excluding carboxylic acids is 3. The van der Waals surface area contributed by atoms with E-state index in [1.54, 1.807) is 30.3 Å². The summed E-state index contributed by atoms with van der Waals surface area (Å²) in [5.74, 6) is -2.94. The van der Waals surface area contributed by atoms with Crippen molar-refractivity contribution in [3.8, 4) is 0 Å². The fourth-order valence-electron chi connectivity index (χ4n) is 6.00. The van der Waals surface area contributed by atoms with Crippen LogP contribution in [0.4, 0.5) is 5.69 Å². The molecule has 4 rings (SSSR count). The third-order valence-corrected chi connectivity index (χ3v) is 8.68. The van der Waals surface area contributed by atoms with E-state index in [2.05, 4.69) is 17.2 Å². The summed E-state index contributed by atoms with van der Waals surface area (Å²) >= 11 is 0. The van der Waals surface area contributed by atoms with E-state index in [0.717, 1.165) is 48.6 Å². The second-order valence-corrected chi connectivity index (χ2v) is 12.5. The zero-order valence-corrected chi connectivity index (χ0v) is 28.8. The van der Waals surface area contributed by atoms with E-state index < -0.39 is 83.9 Å². The van der Waals surface area contributed by atoms with Crippen molar-refractivity contribution in [1.29, 1.82) is 0 Å². The number of methoxy groups -OCH3 is 1. The van der Waals surface area contributed by atoms with Gasteiger partial charge in [-0.3, -0.25) is 28.7 Å². The molecule has 1 saturated heterocycles. The first-order valence-electron chi connectivity index (χ1n) is 17.3. The van der Waals surface area contributed by atoms with Gasteiger partial charge < -0.3 is 44.9 Å². The Balaban J connectivity index is 1.49. The maximum Gasteiger partial charge on any atom is 0.330 e. The molecular formula is C35H48N4O12. The van der Waals surface area contributed by atoms with Crippen molar-refractivity contribution in [1.82, 2.24) is 9.55 Å². The number of rotatable bonds is 19. The molecule has 0 radical (unpaired) electrons. The number of H-pyrrole nitrogens is 1. The molecule has 2 aliphatic heterocycles. The van der Waals surface area contributed by atoms with Crippen molar-refractivity contribution in [3.05, 3.63) is 75.3 Å². The average molecular weight is 717 g/mol. The topological polar surface area (TPSA) is 231 Å². The Morgan fingerprint density at radius 3 is 2.27 bits per heavy atom. The fourth-order valence-corrected chi connectivity index (χ4v) is 6.00. The van der Waals surface area contributed by atoms with E-state index in [4.69, 9.17) is 29.4 Å². The van der Waals surface area contributed by atoms with Gasteiger partial charge in [-0.2, -0.15) is 0 Å². The van der Waals surface area contributed by atoms with Crippen LogP contribution in [0.25, 0.3) is 0 Å². The lowest BCUT2D eigenvalue weighted by Crippen LogP contribution is -2.54. The van der Waals surface area contributed by atoms with Crippen molar-refractivity contribution < 1.29 is 48.3 Å². The van der Waals surface area contributed by atoms with Crippen LogP contribution in [0.3, 0.4) is 0 Å². The Morgan fingerprint density at radius 2 is 1.65 bits per heavy atom. The summed E-state index contributed by atoms with van der Waals surface area (Å²) in [6.45, 7) is 2.17. The summed E-state index contributed by atoms with van der Waals surface area (Å²) in [4.78, 5) is 65.7. The number of amides is 2. The molecule has 0 saturated carbocycles. The minimum absolute atomic E-state index is 0.0660. The van der Waals surface area contributed by atoms with Crippen molar-refractivity contribution in [2.75, 3.05) is 12.4 Å². The molecule has 0 unspecified atom stereocenters. The molecule has 6 N–H and O–H groups in total. The summed E-state index contributed by atoms with van der Waals surface area (Å²) in [5.41, 5.74) is 4.57. The summed E-state index contributed by atoms with van der Waals surface area (Å²) in [5, 5.41) is 23.8. The first kappa shape index (κ1) is 39.4. The Hall–Kier alpha value is -4.35. The van der Waals surface area contributed by atoms with Gasteiger partial charge in [-0.05, 0) is 24.6 Å². The standard InChI is InChI=1S/C35H48N4O12/c1-3-4-5-6-7-8-9-10-14-17-25(42)49-30-27(47-2)28(50-33(30)39-19-18-24(41)38-35(39)46)29(31(36)44)51-34-26(43)22(40)20-23(48-34)32(45)37-21-15-12-11-13-16-21/h11-13,15-16,18-20,22,26-30,33-34,40,43H,3-10,14,17H2,1-2H3,(H2,36,44)(H,37,45)(H,38,41,46)/t22-,26-,27+,28-,29+,30+,33+,34+/m0/s1. The second-order valence-electron chi connectivity index (χ2n) is 12.5. The lowest BCUT2D eigenvalue weighted by molar-refractivity contribution is -0.241. The van der Waals surface area contributed by atoms with Gasteiger partial charge in [0.1, 0.15) is 24.4 Å². The number of nitrogens with one attached hydrogen (secondary N) is 2. The van der Waals surface area contributed by atoms with Gasteiger partial charge in [-0.25, -0.2) is 4.79 Å². The van der Waals surface area contributed by atoms with Gasteiger partial charge >= 0.3 is 11.7 Å². The predicted octanol–water partition coefficient (Wildman–Crippen LogP) is 1.75. The van der Waals surface area contributed by atoms with Crippen LogP contribution < -0.4 is 22.3 Å². The zero-order chi connectivity index (χ0) is 36.9. The van der Waals surface area contributed by atoms with Gasteiger partial charge in [-0.1, -0.05) is 76.5 Å². The number of para-hydroxylation sites is 1. The van der Waals surface area contributed by atoms with E-state index >= 15 is 0 Å². The van der Waals surface area contributed by atoms with Crippen LogP contribution in [0.5, 0.6) is 0 Å². The summed E-state index contributed by atoms with van der Waals surface area (Å²) in [6.07, 6.45) is -1.03. The first-order valence-corrected chi connectivity index (χ1v) is 17.3. The summed E-state index contributed by atoms with van der Waals surface area (Å²) in [7, 11) is 1.25. The van der Waals surface area contributed by atoms with Crippen LogP contribution in [-0.2, 0) is 38.1 Å². The number of nitrogens with two attached hydrogens (primary N) is 1. The van der Waals surface area contributed by atoms with Crippen molar-refractivity contribution in [2.45, 2.75) is 120 Å². The van der Waals surface area contributed by atoms with Crippen molar-refractivity contribution >= 4 is 23.5 Å². The Labute approximate surface area is 294 Å². The highest BCUT2D eigenvalue weighted by molar-refractivity contribution is 6.02. The van der Waals surface area contributed by atoms with E-state index in [0.29, 0.717) is 12.1 Å². The van der Waals surface area contributed by atoms with Gasteiger partial charge in [0, 0.05) is 31.5 Å². The molecule has 1 fully saturated rings. The monoisotopic (exact) mass is 716 g/mol. The smallest absolute Gasteiger partial charge is 0.330 e. The van der Waals surface area contributed by atoms with Crippen molar-refractivity contribution in [3.63, 3.8) is 0 Å². The van der Waals surface area contributed by atoms with Gasteiger partial charge in [0.2, 0.25) is 12.2 Å². The third kappa shape index (κ3) is 10.8. The van der Waals surface area contributed by atoms with Gasteiger partial charge in [0.15, 0.2) is 24.2 Å². The number of aromatic nitrogens is 2. The molecule has 8 atom stereocenters. The lowest BCUT2D eigenvalue weighted by atomic mass is 10.0. The van der Waals surface area contributed by atoms with Crippen LogP contribution in [0.1, 0.15) is 77.4 Å². The second kappa shape index (κ2) is 19.3. The Kier molecular flexibility index (Phi) is 14.9. The number of unbranched alkanes of at least 4 members (excludes halogenated alkanes) is 8. The number of nitrogens with zero attached hydrogens (tertiary/aromatic N) is 1. The number of primary amides is 1. The normalized spacial score (nSPS) is 25.0. The lowest BCUT2D eigenvalue weighted by Gasteiger charge is -2.35. The molecule has 16 nitrogen and oxygen atoms in total. The maximum atomic E-state index is 13.1. The van der Waals surface area contributed by atoms with Crippen LogP contribution in [0.2, 0.25) is 0 Å². The summed E-state index contributed by atoms with van der Waals surface area (Å²) in [6, 6.07) is 9.44. The van der Waals surface area contributed by atoms with Crippen LogP contribution in [-0.4, -0.2) is 87.6 Å². The molecule has 16 heteroatoms. The number of aromatic amines is 1. The molecule has 1 aromatic carbocycles. The number of hydrogen-bond acceptors (Lipinski definition) is 12. The van der Waals surface area contributed by atoms with Gasteiger partial charge in [-0.15, -0.1) is 0 Å². The molecule has 0 bridgehead atoms. The fraction of sp³-hybridized carbons (Fsp3) is 0.571. The molecule has 1 aromatic heterocycles. The SMILES string of the molecule is CCCCCCCCCCCC(=O)O[C@@H]1[C@H](OC)[C@@H]([C@@H](O[C@H]2OC(C(=O)Nc3ccccc3)=C[C@H](O)[C@@H]2O)C(N)=O)O[C@H]1n1ccc(=O)[nH]c1=O. The number of carbonyl (C=O) groups is 3. The Morgan fingerprint density at radius 1 is 0.980 bits per heavy atom. The number of benzene rings is 1. The van der Waals surface area contributed by atoms with E-state index in [1.165, 1.54) is 32.8 Å². The predicted molar refractivity (Wildman–Crippen MR) is 182 cm³/mol. The number of anilines is 1. The van der Waals surface area contributed by atoms with E-state index in [-0.39, 0.29) is 6.42 Å². The molecule has 0 aliphatic carbocycles. The molecule has 280 valence electrons. The minimum Gasteiger partial charge on any atom is -0.456 e. The van der Waals surface area contributed by atoms with Crippen LogP contribution in [0, 0.1) is 0 Å². The van der Waals surface area contributed by atoms with E-state index in [1.807, 2.05) is 0 Å². The molecule has 51 heavy (non-hydrogen) atoms. The zero-order valence-electron chi connectivity index (χ0n) is 28.8. The number of aliphatic hydroxyl groups is 2. The largest absolute Gasteiger partial charge is 0.456 e. The molecule has 2 aliphatic rings. The average Bonchev–Trinajstić information content (AvgIpc) is 3.45. The molecule has 3 heterocycles. The number of hydrogen-bond donors (Lipinski definition) is 5. The first-order chi connectivity index (χ1) is 24.5. The maximum absolute atomic E-state index is 13.1. The Bertz CT molecular complexity index is 1590. The summed E-state index contributed by atoms with van der Waals surface area (Å²) < 4.78 is 29.8. The van der Waals surface area contributed by atoms with Crippen LogP contribution >= 0.6 is 0 Å². The quantitative estimate of drug-likeness (QED) is 0.103. The minimum atomic E-state index is -1.82. The molecule has 2 aromatic rings. The number of ether oxygens (including phenoxy) is 5. The highest BCUT2D eigenvalue weighted by atomic mass is 16.7. The van der Waals surface area contributed by atoms with Gasteiger partial charge in [0.25, 0.3) is 11.5 Å². The highest BCUT2D eigenvalue weighted by Crippen LogP contribution is 2.36. The number of aliphatic hydroxyl groups excluding tert-OH is 2. The molecule has 2 amide bonds. The third-order valence-electron chi connectivity index (χ3n) is 8.68.